The van der Waals surface area contributed by atoms with Crippen molar-refractivity contribution < 1.29 is 9.53 Å². The Morgan fingerprint density at radius 2 is 1.44 bits per heavy atom. The third-order valence-electron chi connectivity index (χ3n) is 4.09. The number of benzene rings is 2. The lowest BCUT2D eigenvalue weighted by Crippen LogP contribution is -2.41. The van der Waals surface area contributed by atoms with E-state index < -0.39 is 0 Å². The lowest BCUT2D eigenvalue weighted by atomic mass is 9.93. The van der Waals surface area contributed by atoms with Crippen LogP contribution in [0, 0.1) is 0 Å². The summed E-state index contributed by atoms with van der Waals surface area (Å²) in [6, 6.07) is 19.5. The van der Waals surface area contributed by atoms with Crippen molar-refractivity contribution in [1.82, 2.24) is 5.32 Å². The van der Waals surface area contributed by atoms with E-state index in [1.54, 1.807) is 0 Å². The zero-order valence-electron chi connectivity index (χ0n) is 15.1. The molecule has 1 saturated carbocycles. The van der Waals surface area contributed by atoms with Gasteiger partial charge < -0.3 is 15.4 Å². The van der Waals surface area contributed by atoms with Gasteiger partial charge in [-0.15, -0.1) is 0 Å². The Bertz CT molecular complexity index is 608. The van der Waals surface area contributed by atoms with Crippen LogP contribution in [0.2, 0.25) is 0 Å². The van der Waals surface area contributed by atoms with Crippen LogP contribution in [-0.2, 0) is 0 Å². The van der Waals surface area contributed by atoms with Crippen LogP contribution in [0.5, 0.6) is 5.75 Å². The van der Waals surface area contributed by atoms with Gasteiger partial charge in [0.15, 0.2) is 0 Å². The Kier molecular flexibility index (Phi) is 7.83. The van der Waals surface area contributed by atoms with Crippen LogP contribution in [-0.4, -0.2) is 18.2 Å². The molecule has 0 aromatic heterocycles. The Balaban J connectivity index is 0.00000109. The monoisotopic (exact) mass is 340 g/mol. The molecule has 1 fully saturated rings. The number of ether oxygens (including phenoxy) is 1. The zero-order chi connectivity index (χ0) is 17.9. The lowest BCUT2D eigenvalue weighted by Gasteiger charge is -2.29. The Labute approximate surface area is 150 Å². The molecular formula is C21H28N2O2. The maximum atomic E-state index is 12.0. The van der Waals surface area contributed by atoms with Crippen LogP contribution < -0.4 is 15.4 Å². The highest BCUT2D eigenvalue weighted by Gasteiger charge is 2.23. The molecule has 1 aliphatic rings. The van der Waals surface area contributed by atoms with Crippen molar-refractivity contribution in [2.24, 2.45) is 0 Å². The van der Waals surface area contributed by atoms with Crippen molar-refractivity contribution in [3.05, 3.63) is 60.7 Å². The van der Waals surface area contributed by atoms with E-state index in [9.17, 15) is 4.79 Å². The van der Waals surface area contributed by atoms with Crippen LogP contribution in [0.4, 0.5) is 10.5 Å². The second-order valence-electron chi connectivity index (χ2n) is 5.87. The molecule has 0 bridgehead atoms. The molecular weight excluding hydrogens is 312 g/mol. The maximum absolute atomic E-state index is 12.0. The third-order valence-corrected chi connectivity index (χ3v) is 4.09. The molecule has 0 radical (unpaired) electrons. The maximum Gasteiger partial charge on any atom is 0.319 e. The molecule has 0 atom stereocenters. The van der Waals surface area contributed by atoms with Crippen molar-refractivity contribution in [3.63, 3.8) is 0 Å². The van der Waals surface area contributed by atoms with Crippen molar-refractivity contribution in [2.45, 2.75) is 51.7 Å². The molecule has 134 valence electrons. The van der Waals surface area contributed by atoms with E-state index in [1.165, 1.54) is 0 Å². The minimum atomic E-state index is -0.136. The SMILES string of the molecule is CC.O=C(Nc1ccccc1)NC1CCC(Oc2ccccc2)CC1. The van der Waals surface area contributed by atoms with Gasteiger partial charge in [0.05, 0.1) is 6.10 Å². The molecule has 4 heteroatoms. The second-order valence-corrected chi connectivity index (χ2v) is 5.87. The average molecular weight is 340 g/mol. The average Bonchev–Trinajstić information content (AvgIpc) is 2.67. The predicted octanol–water partition coefficient (Wildman–Crippen LogP) is 5.22. The van der Waals surface area contributed by atoms with Gasteiger partial charge in [-0.3, -0.25) is 0 Å². The number of hydrogen-bond acceptors (Lipinski definition) is 2. The number of para-hydroxylation sites is 2. The van der Waals surface area contributed by atoms with Crippen LogP contribution in [0.25, 0.3) is 0 Å². The summed E-state index contributed by atoms with van der Waals surface area (Å²) in [6.45, 7) is 4.00. The summed E-state index contributed by atoms with van der Waals surface area (Å²) in [5, 5.41) is 5.91. The molecule has 0 heterocycles. The number of carbonyl (C=O) groups excluding carboxylic acids is 1. The van der Waals surface area contributed by atoms with Crippen LogP contribution in [0.1, 0.15) is 39.5 Å². The summed E-state index contributed by atoms with van der Waals surface area (Å²) in [6.07, 6.45) is 4.06. The first-order valence-corrected chi connectivity index (χ1v) is 9.14. The van der Waals surface area contributed by atoms with Gasteiger partial charge in [0.25, 0.3) is 0 Å². The van der Waals surface area contributed by atoms with E-state index in [2.05, 4.69) is 10.6 Å². The van der Waals surface area contributed by atoms with Crippen molar-refractivity contribution in [3.8, 4) is 5.75 Å². The van der Waals surface area contributed by atoms with Crippen LogP contribution >= 0.6 is 0 Å². The fourth-order valence-electron chi connectivity index (χ4n) is 2.89. The van der Waals surface area contributed by atoms with Gasteiger partial charge in [0.2, 0.25) is 0 Å². The van der Waals surface area contributed by atoms with Crippen LogP contribution in [0.15, 0.2) is 60.7 Å². The van der Waals surface area contributed by atoms with Crippen LogP contribution in [0.3, 0.4) is 0 Å². The fourth-order valence-corrected chi connectivity index (χ4v) is 2.89. The fraction of sp³-hybridized carbons (Fsp3) is 0.381. The number of carbonyl (C=O) groups is 1. The Hall–Kier alpha value is -2.49. The number of rotatable bonds is 4. The molecule has 2 amide bonds. The van der Waals surface area contributed by atoms with Gasteiger partial charge in [-0.2, -0.15) is 0 Å². The van der Waals surface area contributed by atoms with E-state index in [0.717, 1.165) is 37.1 Å². The highest BCUT2D eigenvalue weighted by molar-refractivity contribution is 5.89. The minimum Gasteiger partial charge on any atom is -0.490 e. The Morgan fingerprint density at radius 3 is 2.04 bits per heavy atom. The zero-order valence-corrected chi connectivity index (χ0v) is 15.1. The predicted molar refractivity (Wildman–Crippen MR) is 103 cm³/mol. The van der Waals surface area contributed by atoms with Gasteiger partial charge in [-0.25, -0.2) is 4.79 Å². The van der Waals surface area contributed by atoms with Gasteiger partial charge >= 0.3 is 6.03 Å². The molecule has 4 nitrogen and oxygen atoms in total. The molecule has 0 spiro atoms. The van der Waals surface area contributed by atoms with Crippen molar-refractivity contribution in [2.75, 3.05) is 5.32 Å². The minimum absolute atomic E-state index is 0.136. The smallest absolute Gasteiger partial charge is 0.319 e. The highest BCUT2D eigenvalue weighted by atomic mass is 16.5. The molecule has 0 saturated heterocycles. The van der Waals surface area contributed by atoms with E-state index in [0.29, 0.717) is 0 Å². The van der Waals surface area contributed by atoms with E-state index in [1.807, 2.05) is 74.5 Å². The van der Waals surface area contributed by atoms with E-state index in [-0.39, 0.29) is 18.2 Å². The largest absolute Gasteiger partial charge is 0.490 e. The van der Waals surface area contributed by atoms with Gasteiger partial charge in [0, 0.05) is 11.7 Å². The van der Waals surface area contributed by atoms with Gasteiger partial charge in [0.1, 0.15) is 5.75 Å². The molecule has 1 aliphatic carbocycles. The van der Waals surface area contributed by atoms with Gasteiger partial charge in [-0.05, 0) is 49.9 Å². The molecule has 2 aromatic carbocycles. The number of nitrogens with one attached hydrogen (secondary N) is 2. The quantitative estimate of drug-likeness (QED) is 0.801. The summed E-state index contributed by atoms with van der Waals surface area (Å²) >= 11 is 0. The molecule has 0 aliphatic heterocycles. The number of urea groups is 1. The summed E-state index contributed by atoms with van der Waals surface area (Å²) in [4.78, 5) is 12.0. The third kappa shape index (κ3) is 6.49. The molecule has 2 N–H and O–H groups in total. The first kappa shape index (κ1) is 18.8. The second kappa shape index (κ2) is 10.4. The normalized spacial score (nSPS) is 19.1. The summed E-state index contributed by atoms with van der Waals surface area (Å²) in [7, 11) is 0. The topological polar surface area (TPSA) is 50.4 Å². The van der Waals surface area contributed by atoms with Crippen molar-refractivity contribution in [1.29, 1.82) is 0 Å². The summed E-state index contributed by atoms with van der Waals surface area (Å²) < 4.78 is 5.98. The molecule has 0 unspecified atom stereocenters. The number of anilines is 1. The number of amides is 2. The summed E-state index contributed by atoms with van der Waals surface area (Å²) in [5.41, 5.74) is 0.811. The first-order chi connectivity index (χ1) is 12.3. The highest BCUT2D eigenvalue weighted by Crippen LogP contribution is 2.23. The molecule has 3 rings (SSSR count). The summed E-state index contributed by atoms with van der Waals surface area (Å²) in [5.74, 6) is 0.922. The van der Waals surface area contributed by atoms with E-state index in [4.69, 9.17) is 4.74 Å². The van der Waals surface area contributed by atoms with Gasteiger partial charge in [-0.1, -0.05) is 50.2 Å². The Morgan fingerprint density at radius 1 is 0.880 bits per heavy atom. The van der Waals surface area contributed by atoms with Crippen molar-refractivity contribution >= 4 is 11.7 Å². The molecule has 2 aromatic rings. The standard InChI is InChI=1S/C19H22N2O2.C2H6/c22-19(20-15-7-3-1-4-8-15)21-16-11-13-18(14-12-16)23-17-9-5-2-6-10-17;1-2/h1-10,16,18H,11-14H2,(H2,20,21,22);1-2H3. The molecule has 25 heavy (non-hydrogen) atoms. The number of hydrogen-bond donors (Lipinski definition) is 2. The first-order valence-electron chi connectivity index (χ1n) is 9.14. The lowest BCUT2D eigenvalue weighted by molar-refractivity contribution is 0.141. The van der Waals surface area contributed by atoms with E-state index >= 15 is 0 Å².